The van der Waals surface area contributed by atoms with Crippen molar-refractivity contribution in [1.82, 2.24) is 15.6 Å². The molecule has 0 bridgehead atoms. The highest BCUT2D eigenvalue weighted by molar-refractivity contribution is 7.09. The molecule has 0 saturated heterocycles. The fourth-order valence-corrected chi connectivity index (χ4v) is 2.78. The molecule has 0 aliphatic heterocycles. The van der Waals surface area contributed by atoms with Gasteiger partial charge in [0.2, 0.25) is 0 Å². The molecule has 118 valence electrons. The van der Waals surface area contributed by atoms with E-state index in [1.807, 2.05) is 29.6 Å². The molecule has 2 rings (SSSR count). The molecule has 1 atom stereocenters. The molecule has 2 aromatic rings. The molecule has 5 nitrogen and oxygen atoms in total. The van der Waals surface area contributed by atoms with Crippen molar-refractivity contribution in [3.63, 3.8) is 0 Å². The summed E-state index contributed by atoms with van der Waals surface area (Å²) in [5, 5.41) is 17.1. The minimum atomic E-state index is -0.198. The molecule has 6 heteroatoms. The van der Waals surface area contributed by atoms with E-state index in [-0.39, 0.29) is 18.6 Å². The minimum Gasteiger partial charge on any atom is -0.396 e. The summed E-state index contributed by atoms with van der Waals surface area (Å²) in [6.45, 7) is 1.06. The van der Waals surface area contributed by atoms with Gasteiger partial charge in [-0.05, 0) is 36.4 Å². The number of amides is 2. The summed E-state index contributed by atoms with van der Waals surface area (Å²) < 4.78 is 0. The van der Waals surface area contributed by atoms with Gasteiger partial charge < -0.3 is 15.7 Å². The van der Waals surface area contributed by atoms with Crippen LogP contribution >= 0.6 is 11.3 Å². The van der Waals surface area contributed by atoms with Gasteiger partial charge in [-0.1, -0.05) is 12.1 Å². The number of aromatic nitrogens is 1. The van der Waals surface area contributed by atoms with E-state index in [1.165, 1.54) is 4.88 Å². The van der Waals surface area contributed by atoms with Crippen molar-refractivity contribution in [1.29, 1.82) is 0 Å². The standard InChI is InChI=1S/C16H21N3O2S/c20-12-13(10-14-4-1-2-7-17-14)11-19-16(21)18-8-6-15-5-3-9-22-15/h1-5,7,9,13,20H,6,8,10-12H2,(H2,18,19,21). The Labute approximate surface area is 134 Å². The van der Waals surface area contributed by atoms with Crippen LogP contribution in [0.2, 0.25) is 0 Å². The quantitative estimate of drug-likeness (QED) is 0.695. The first kappa shape index (κ1) is 16.5. The number of hydrogen-bond acceptors (Lipinski definition) is 4. The summed E-state index contributed by atoms with van der Waals surface area (Å²) in [4.78, 5) is 17.2. The van der Waals surface area contributed by atoms with E-state index in [1.54, 1.807) is 17.5 Å². The summed E-state index contributed by atoms with van der Waals surface area (Å²) in [6.07, 6.45) is 3.21. The van der Waals surface area contributed by atoms with Crippen LogP contribution in [0.5, 0.6) is 0 Å². The zero-order valence-electron chi connectivity index (χ0n) is 12.4. The van der Waals surface area contributed by atoms with Crippen molar-refractivity contribution < 1.29 is 9.90 Å². The third kappa shape index (κ3) is 5.83. The molecule has 2 amide bonds. The number of nitrogens with zero attached hydrogens (tertiary/aromatic N) is 1. The molecule has 1 unspecified atom stereocenters. The van der Waals surface area contributed by atoms with Crippen molar-refractivity contribution in [3.8, 4) is 0 Å². The molecule has 2 aromatic heterocycles. The second-order valence-electron chi connectivity index (χ2n) is 5.04. The Balaban J connectivity index is 1.65. The number of nitrogens with one attached hydrogen (secondary N) is 2. The number of aliphatic hydroxyl groups excluding tert-OH is 1. The molecule has 0 saturated carbocycles. The monoisotopic (exact) mass is 319 g/mol. The van der Waals surface area contributed by atoms with Gasteiger partial charge in [-0.15, -0.1) is 11.3 Å². The summed E-state index contributed by atoms with van der Waals surface area (Å²) >= 11 is 1.69. The normalized spacial score (nSPS) is 11.9. The van der Waals surface area contributed by atoms with Gasteiger partial charge in [-0.3, -0.25) is 4.98 Å². The van der Waals surface area contributed by atoms with Gasteiger partial charge in [0.15, 0.2) is 0 Å². The predicted octanol–water partition coefficient (Wildman–Crippen LogP) is 1.84. The average molecular weight is 319 g/mol. The molecule has 0 spiro atoms. The highest BCUT2D eigenvalue weighted by Crippen LogP contribution is 2.08. The van der Waals surface area contributed by atoms with E-state index in [0.29, 0.717) is 19.5 Å². The van der Waals surface area contributed by atoms with Crippen LogP contribution < -0.4 is 10.6 Å². The van der Waals surface area contributed by atoms with Crippen LogP contribution in [0.15, 0.2) is 41.9 Å². The third-order valence-corrected chi connectivity index (χ3v) is 4.21. The second-order valence-corrected chi connectivity index (χ2v) is 6.07. The van der Waals surface area contributed by atoms with E-state index in [9.17, 15) is 9.90 Å². The number of rotatable bonds is 8. The minimum absolute atomic E-state index is 0.0199. The molecule has 2 heterocycles. The van der Waals surface area contributed by atoms with Gasteiger partial charge in [-0.25, -0.2) is 4.79 Å². The maximum atomic E-state index is 11.7. The lowest BCUT2D eigenvalue weighted by atomic mass is 10.0. The van der Waals surface area contributed by atoms with Crippen LogP contribution in [0.25, 0.3) is 0 Å². The Hall–Kier alpha value is -1.92. The van der Waals surface area contributed by atoms with E-state index >= 15 is 0 Å². The number of pyridine rings is 1. The van der Waals surface area contributed by atoms with Gasteiger partial charge in [0, 0.05) is 42.4 Å². The van der Waals surface area contributed by atoms with Crippen molar-refractivity contribution in [2.45, 2.75) is 12.8 Å². The van der Waals surface area contributed by atoms with Gasteiger partial charge in [0.05, 0.1) is 0 Å². The molecule has 22 heavy (non-hydrogen) atoms. The van der Waals surface area contributed by atoms with Gasteiger partial charge in [-0.2, -0.15) is 0 Å². The Bertz CT molecular complexity index is 546. The van der Waals surface area contributed by atoms with Crippen LogP contribution in [-0.4, -0.2) is 35.8 Å². The summed E-state index contributed by atoms with van der Waals surface area (Å²) in [7, 11) is 0. The summed E-state index contributed by atoms with van der Waals surface area (Å²) in [6, 6.07) is 9.56. The Morgan fingerprint density at radius 3 is 2.86 bits per heavy atom. The van der Waals surface area contributed by atoms with Crippen molar-refractivity contribution >= 4 is 17.4 Å². The fraction of sp³-hybridized carbons (Fsp3) is 0.375. The van der Waals surface area contributed by atoms with Crippen LogP contribution in [0.4, 0.5) is 4.79 Å². The van der Waals surface area contributed by atoms with Gasteiger partial charge >= 0.3 is 6.03 Å². The zero-order chi connectivity index (χ0) is 15.6. The smallest absolute Gasteiger partial charge is 0.314 e. The number of urea groups is 1. The number of thiophene rings is 1. The first-order valence-electron chi connectivity index (χ1n) is 7.32. The average Bonchev–Trinajstić information content (AvgIpc) is 3.05. The lowest BCUT2D eigenvalue weighted by molar-refractivity contribution is 0.213. The molecule has 0 aliphatic carbocycles. The maximum absolute atomic E-state index is 11.7. The van der Waals surface area contributed by atoms with E-state index in [2.05, 4.69) is 21.7 Å². The molecule has 3 N–H and O–H groups in total. The number of carbonyl (C=O) groups is 1. The topological polar surface area (TPSA) is 74.2 Å². The Morgan fingerprint density at radius 1 is 1.27 bits per heavy atom. The SMILES string of the molecule is O=C(NCCc1cccs1)NCC(CO)Cc1ccccn1. The highest BCUT2D eigenvalue weighted by Gasteiger charge is 2.11. The van der Waals surface area contributed by atoms with Crippen LogP contribution in [0.1, 0.15) is 10.6 Å². The van der Waals surface area contributed by atoms with Gasteiger partial charge in [0.25, 0.3) is 0 Å². The van der Waals surface area contributed by atoms with Crippen molar-refractivity contribution in [3.05, 3.63) is 52.5 Å². The molecule has 0 radical (unpaired) electrons. The number of hydrogen-bond donors (Lipinski definition) is 3. The van der Waals surface area contributed by atoms with Crippen LogP contribution in [-0.2, 0) is 12.8 Å². The summed E-state index contributed by atoms with van der Waals surface area (Å²) in [5.74, 6) is -0.0297. The van der Waals surface area contributed by atoms with E-state index in [0.717, 1.165) is 12.1 Å². The predicted molar refractivity (Wildman–Crippen MR) is 87.9 cm³/mol. The van der Waals surface area contributed by atoms with E-state index in [4.69, 9.17) is 0 Å². The second kappa shape index (κ2) is 9.17. The lowest BCUT2D eigenvalue weighted by Gasteiger charge is -2.15. The molecular formula is C16H21N3O2S. The van der Waals surface area contributed by atoms with Gasteiger partial charge in [0.1, 0.15) is 0 Å². The summed E-state index contributed by atoms with van der Waals surface area (Å²) in [5.41, 5.74) is 0.918. The molecule has 0 aliphatic rings. The Morgan fingerprint density at radius 2 is 2.18 bits per heavy atom. The molecular weight excluding hydrogens is 298 g/mol. The molecule has 0 aromatic carbocycles. The van der Waals surface area contributed by atoms with E-state index < -0.39 is 0 Å². The highest BCUT2D eigenvalue weighted by atomic mass is 32.1. The van der Waals surface area contributed by atoms with Crippen molar-refractivity contribution in [2.24, 2.45) is 5.92 Å². The van der Waals surface area contributed by atoms with Crippen molar-refractivity contribution in [2.75, 3.05) is 19.7 Å². The number of carbonyl (C=O) groups excluding carboxylic acids is 1. The first-order valence-corrected chi connectivity index (χ1v) is 8.20. The maximum Gasteiger partial charge on any atom is 0.314 e. The third-order valence-electron chi connectivity index (χ3n) is 3.27. The lowest BCUT2D eigenvalue weighted by Crippen LogP contribution is -2.40. The van der Waals surface area contributed by atoms with Crippen LogP contribution in [0, 0.1) is 5.92 Å². The zero-order valence-corrected chi connectivity index (χ0v) is 13.2. The van der Waals surface area contributed by atoms with Crippen LogP contribution in [0.3, 0.4) is 0 Å². The first-order chi connectivity index (χ1) is 10.8. The Kier molecular flexibility index (Phi) is 6.86. The molecule has 0 fully saturated rings. The number of aliphatic hydroxyl groups is 1. The largest absolute Gasteiger partial charge is 0.396 e. The fourth-order valence-electron chi connectivity index (χ4n) is 2.07.